The molecule has 4 fully saturated rings. The third kappa shape index (κ3) is 20.0. The molecule has 486 valence electrons. The van der Waals surface area contributed by atoms with E-state index in [0.29, 0.717) is 61.4 Å². The van der Waals surface area contributed by atoms with Crippen LogP contribution in [-0.4, -0.2) is 185 Å². The monoisotopic (exact) mass is 1340 g/mol. The lowest BCUT2D eigenvalue weighted by atomic mass is 10.0. The van der Waals surface area contributed by atoms with E-state index >= 15 is 0 Å². The molecular formula is C44H68N12O26P4S. The van der Waals surface area contributed by atoms with Crippen molar-refractivity contribution in [3.05, 3.63) is 55.4 Å². The predicted octanol–water partition coefficient (Wildman–Crippen LogP) is -1.82. The van der Waals surface area contributed by atoms with Crippen molar-refractivity contribution in [3.8, 4) is 0 Å². The first kappa shape index (κ1) is 69.4. The summed E-state index contributed by atoms with van der Waals surface area (Å²) in [6, 6.07) is 0.227. The molecule has 0 aliphatic carbocycles. The van der Waals surface area contributed by atoms with E-state index in [9.17, 15) is 91.8 Å². The molecule has 7 rings (SSSR count). The Morgan fingerprint density at radius 3 is 1.79 bits per heavy atom. The van der Waals surface area contributed by atoms with Crippen LogP contribution >= 0.6 is 43.1 Å². The van der Waals surface area contributed by atoms with Crippen molar-refractivity contribution in [1.82, 2.24) is 55.7 Å². The van der Waals surface area contributed by atoms with Gasteiger partial charge in [0.1, 0.15) is 36.6 Å². The maximum atomic E-state index is 12.8. The zero-order chi connectivity index (χ0) is 63.4. The lowest BCUT2D eigenvalue weighted by molar-refractivity contribution is -0.122. The fraction of sp³-hybridized carbons (Fsp3) is 0.659. The molecule has 4 saturated heterocycles. The van der Waals surface area contributed by atoms with Crippen LogP contribution in [0.2, 0.25) is 0 Å². The number of aromatic amines is 2. The molecule has 7 heterocycles. The van der Waals surface area contributed by atoms with Crippen LogP contribution in [0.3, 0.4) is 0 Å². The molecule has 43 heteroatoms. The summed E-state index contributed by atoms with van der Waals surface area (Å²) in [4.78, 5) is 138. The fourth-order valence-corrected chi connectivity index (χ4v) is 16.0. The quantitative estimate of drug-likeness (QED) is 0.0178. The number of anilines is 1. The van der Waals surface area contributed by atoms with Crippen molar-refractivity contribution in [2.24, 2.45) is 0 Å². The Labute approximate surface area is 496 Å². The zero-order valence-electron chi connectivity index (χ0n) is 45.9. The first-order valence-corrected chi connectivity index (χ1v) is 34.0. The maximum Gasteiger partial charge on any atom is 0.490 e. The van der Waals surface area contributed by atoms with E-state index in [0.717, 1.165) is 54.9 Å². The van der Waals surface area contributed by atoms with Crippen LogP contribution in [0, 0.1) is 0 Å². The summed E-state index contributed by atoms with van der Waals surface area (Å²) in [5.41, 5.74) is 2.01. The van der Waals surface area contributed by atoms with E-state index < -0.39 is 110 Å². The van der Waals surface area contributed by atoms with Crippen LogP contribution < -0.4 is 49.1 Å². The Balaban J connectivity index is 0.745. The number of aliphatic hydroxyl groups excluding tert-OH is 4. The van der Waals surface area contributed by atoms with Crippen molar-refractivity contribution in [2.75, 3.05) is 44.3 Å². The molecule has 17 N–H and O–H groups in total. The number of hydrogen-bond donors (Lipinski definition) is 16. The molecule has 4 aliphatic heterocycles. The molecule has 87 heavy (non-hydrogen) atoms. The molecule has 38 nitrogen and oxygen atoms in total. The van der Waals surface area contributed by atoms with E-state index in [4.69, 9.17) is 15.2 Å². The Bertz CT molecular complexity index is 3350. The number of nitrogen functional groups attached to an aromatic ring is 1. The third-order valence-electron chi connectivity index (χ3n) is 13.7. The Morgan fingerprint density at radius 1 is 0.690 bits per heavy atom. The maximum absolute atomic E-state index is 12.8. The van der Waals surface area contributed by atoms with E-state index in [2.05, 4.69) is 63.5 Å². The topological polar surface area (TPSA) is 568 Å². The number of phosphoric ester groups is 2. The van der Waals surface area contributed by atoms with Gasteiger partial charge in [-0.15, -0.1) is 0 Å². The first-order valence-electron chi connectivity index (χ1n) is 27.0. The van der Waals surface area contributed by atoms with Crippen LogP contribution in [0.25, 0.3) is 17.2 Å². The number of nitrogens with two attached hydrogens (primary N) is 1. The molecule has 0 bridgehead atoms. The molecule has 0 aromatic carbocycles. The third-order valence-corrected chi connectivity index (χ3v) is 21.1. The number of nitrogens with one attached hydrogen (secondary N) is 7. The van der Waals surface area contributed by atoms with Crippen molar-refractivity contribution in [3.63, 3.8) is 0 Å². The molecule has 0 saturated carbocycles. The van der Waals surface area contributed by atoms with E-state index in [1.54, 1.807) is 0 Å². The number of thioether (sulfide) groups is 1. The van der Waals surface area contributed by atoms with Crippen LogP contribution in [-0.2, 0) is 64.1 Å². The smallest absolute Gasteiger partial charge is 0.387 e. The number of carbonyl (C=O) groups excluding carboxylic acids is 4. The summed E-state index contributed by atoms with van der Waals surface area (Å²) in [7, 11) is -24.5. The summed E-state index contributed by atoms with van der Waals surface area (Å²) in [5.74, 6) is 0.127. The number of rotatable bonds is 34. The summed E-state index contributed by atoms with van der Waals surface area (Å²) in [6.45, 7) is -1.61. The normalized spacial score (nSPS) is 27.2. The molecule has 4 aliphatic rings. The highest BCUT2D eigenvalue weighted by Gasteiger charge is 2.50. The van der Waals surface area contributed by atoms with Gasteiger partial charge >= 0.3 is 43.0 Å². The number of ether oxygens (including phenoxy) is 2. The zero-order valence-corrected chi connectivity index (χ0v) is 50.3. The molecule has 0 spiro atoms. The largest absolute Gasteiger partial charge is 0.490 e. The number of H-pyrrole nitrogens is 2. The van der Waals surface area contributed by atoms with Crippen LogP contribution in [0.1, 0.15) is 95.1 Å². The SMILES string of the molecule is Nc1nc2c(ncn2[C@@H]2O[C@H](COP(=O)(O)OP(=O)(O)OP(=O)(O)OP(=O)(O)OC[C@H]3O[C@@H](n4cc(/C=C/CNC(=O)CCCCCNC(=O)CCCCCNC(=O)CCCC[C@H]5SC[C@H]6NC(=O)N[C@H]65)c(=O)[nH]c4=O)[C@@H](O)C3O)C(O)C2O)c(=O)[nH]1. The number of hydrogen-bond acceptors (Lipinski definition) is 26. The van der Waals surface area contributed by atoms with E-state index in [1.807, 2.05) is 16.7 Å². The molecule has 7 unspecified atom stereocenters. The fourth-order valence-electron chi connectivity index (χ4n) is 9.46. The van der Waals surface area contributed by atoms with Gasteiger partial charge in [0.15, 0.2) is 23.6 Å². The average molecular weight is 1340 g/mol. The minimum atomic E-state index is -6.35. The number of carbonyl (C=O) groups is 4. The van der Waals surface area contributed by atoms with Crippen molar-refractivity contribution < 1.29 is 109 Å². The highest BCUT2D eigenvalue weighted by atomic mass is 32.2. The van der Waals surface area contributed by atoms with Gasteiger partial charge in [0.05, 0.1) is 37.2 Å². The second kappa shape index (κ2) is 30.6. The Kier molecular flexibility index (Phi) is 24.4. The number of unbranched alkanes of at least 4 members (excludes halogenated alkanes) is 5. The first-order chi connectivity index (χ1) is 41.0. The molecule has 5 amide bonds. The van der Waals surface area contributed by atoms with E-state index in [1.165, 1.54) is 12.2 Å². The van der Waals surface area contributed by atoms with Gasteiger partial charge in [0, 0.05) is 56.1 Å². The summed E-state index contributed by atoms with van der Waals surface area (Å²) in [6.07, 6.45) is -2.79. The lowest BCUT2D eigenvalue weighted by Crippen LogP contribution is -2.38. The lowest BCUT2D eigenvalue weighted by Gasteiger charge is -2.21. The minimum absolute atomic E-state index is 0.000168. The second-order valence-electron chi connectivity index (χ2n) is 20.2. The van der Waals surface area contributed by atoms with Crippen LogP contribution in [0.15, 0.2) is 33.0 Å². The van der Waals surface area contributed by atoms with E-state index in [-0.39, 0.29) is 71.5 Å². The molecule has 3 aromatic heterocycles. The number of amides is 5. The van der Waals surface area contributed by atoms with Gasteiger partial charge in [0.25, 0.3) is 11.1 Å². The Morgan fingerprint density at radius 2 is 1.22 bits per heavy atom. The highest BCUT2D eigenvalue weighted by molar-refractivity contribution is 8.00. The number of phosphoric acid groups is 4. The van der Waals surface area contributed by atoms with Crippen LogP contribution in [0.4, 0.5) is 10.7 Å². The number of aromatic nitrogens is 6. The number of imidazole rings is 1. The summed E-state index contributed by atoms with van der Waals surface area (Å²) < 4.78 is 83.5. The summed E-state index contributed by atoms with van der Waals surface area (Å²) in [5, 5.41) is 57.1. The number of urea groups is 1. The van der Waals surface area contributed by atoms with Gasteiger partial charge in [-0.25, -0.2) is 32.8 Å². The van der Waals surface area contributed by atoms with Gasteiger partial charge in [0.2, 0.25) is 23.7 Å². The average Bonchev–Trinajstić information content (AvgIpc) is 2.16. The molecular weight excluding hydrogens is 1270 g/mol. The van der Waals surface area contributed by atoms with Crippen molar-refractivity contribution >= 4 is 90.0 Å². The molecule has 0 radical (unpaired) electrons. The van der Waals surface area contributed by atoms with Crippen LogP contribution in [0.5, 0.6) is 0 Å². The number of aliphatic hydroxyl groups is 4. The van der Waals surface area contributed by atoms with Gasteiger partial charge < -0.3 is 81.8 Å². The van der Waals surface area contributed by atoms with Crippen molar-refractivity contribution in [2.45, 2.75) is 143 Å². The second-order valence-corrected chi connectivity index (χ2v) is 27.7. The Hall–Kier alpha value is -5.08. The van der Waals surface area contributed by atoms with Gasteiger partial charge in [-0.1, -0.05) is 31.4 Å². The predicted molar refractivity (Wildman–Crippen MR) is 299 cm³/mol. The summed E-state index contributed by atoms with van der Waals surface area (Å²) >= 11 is 1.85. The molecule has 3 aromatic rings. The van der Waals surface area contributed by atoms with Gasteiger partial charge in [-0.05, 0) is 38.5 Å². The van der Waals surface area contributed by atoms with Gasteiger partial charge in [-0.2, -0.15) is 29.7 Å². The highest BCUT2D eigenvalue weighted by Crippen LogP contribution is 2.71. The standard InChI is InChI=1S/C44H68N12O26P4S/c45-42-52-37-32(39(65)53-42)49-22-56(37)41-36(63)34(61)26(79-41)20-77-84(70,71)81-86(74,75)82-85(72,73)80-83(68,69)76-19-25-33(60)35(62)40(78-25)55-18-23(38(64)54-44(55)67)10-9-17-48-29(58)13-4-2-7-15-46-28(57)12-3-1-8-16-47-30(59)14-6-5-11-27-31-24(21-87-27)50-43(66)51-31/h9-10,18,22,24-27,31,33-36,40-41,60-63H,1-8,11-17,19-21H2,(H,46,57)(H,47,59)(H,48,58)(H,68,69)(H,70,71)(H,72,73)(H,74,75)(H2,50,51,66)(H,54,64,67)(H3,45,52,53,65)/b10-9+/t24-,25-,26-,27-,31-,33?,34?,35+,36?,40-,41-/m1/s1. The number of nitrogens with zero attached hydrogens (tertiary/aromatic N) is 4. The number of fused-ring (bicyclic) bond motifs is 2. The van der Waals surface area contributed by atoms with Crippen molar-refractivity contribution in [1.29, 1.82) is 0 Å². The molecule has 15 atom stereocenters. The van der Waals surface area contributed by atoms with Gasteiger partial charge in [-0.3, -0.25) is 52.1 Å². The minimum Gasteiger partial charge on any atom is -0.387 e.